The van der Waals surface area contributed by atoms with Gasteiger partial charge >= 0.3 is 0 Å². The summed E-state index contributed by atoms with van der Waals surface area (Å²) in [5, 5.41) is 2.90. The molecule has 144 valence electrons. The average molecular weight is 370 g/mol. The first-order valence-electron chi connectivity index (χ1n) is 8.72. The van der Waals surface area contributed by atoms with Crippen LogP contribution in [-0.2, 0) is 4.79 Å². The summed E-state index contributed by atoms with van der Waals surface area (Å²) in [6.07, 6.45) is 0. The van der Waals surface area contributed by atoms with E-state index in [1.165, 1.54) is 6.92 Å². The predicted molar refractivity (Wildman–Crippen MR) is 104 cm³/mol. The van der Waals surface area contributed by atoms with Crippen molar-refractivity contribution in [1.29, 1.82) is 0 Å². The fourth-order valence-corrected chi connectivity index (χ4v) is 2.71. The predicted octanol–water partition coefficient (Wildman–Crippen LogP) is 2.70. The van der Waals surface area contributed by atoms with Crippen LogP contribution >= 0.6 is 0 Å². The number of para-hydroxylation sites is 1. The third kappa shape index (κ3) is 5.82. The Kier molecular flexibility index (Phi) is 7.37. The number of nitrogens with one attached hydrogen (secondary N) is 1. The Morgan fingerprint density at radius 2 is 1.74 bits per heavy atom. The van der Waals surface area contributed by atoms with Gasteiger partial charge in [-0.2, -0.15) is 0 Å². The molecule has 6 heteroatoms. The fourth-order valence-electron chi connectivity index (χ4n) is 2.71. The molecule has 1 atom stereocenters. The number of ether oxygens (including phenoxy) is 2. The van der Waals surface area contributed by atoms with Gasteiger partial charge in [0.1, 0.15) is 11.5 Å². The van der Waals surface area contributed by atoms with Gasteiger partial charge in [0.05, 0.1) is 13.2 Å². The molecule has 0 fully saturated rings. The van der Waals surface area contributed by atoms with E-state index in [2.05, 4.69) is 5.32 Å². The van der Waals surface area contributed by atoms with Crippen molar-refractivity contribution >= 4 is 11.7 Å². The van der Waals surface area contributed by atoms with Crippen LogP contribution in [0.1, 0.15) is 28.9 Å². The summed E-state index contributed by atoms with van der Waals surface area (Å²) in [6.45, 7) is 1.84. The molecular weight excluding hydrogens is 344 g/mol. The molecule has 2 aromatic carbocycles. The number of hydrogen-bond donors (Lipinski definition) is 1. The van der Waals surface area contributed by atoms with E-state index < -0.39 is 0 Å². The van der Waals surface area contributed by atoms with Crippen LogP contribution < -0.4 is 14.8 Å². The SMILES string of the molecule is COc1ccccc1C(CNC(=O)COc1ccc(C(C)=O)cc1)N(C)C. The number of methoxy groups -OCH3 is 1. The van der Waals surface area contributed by atoms with Crippen molar-refractivity contribution in [3.8, 4) is 11.5 Å². The summed E-state index contributed by atoms with van der Waals surface area (Å²) in [4.78, 5) is 25.5. The molecule has 0 aliphatic carbocycles. The standard InChI is InChI=1S/C21H26N2O4/c1-15(24)16-9-11-17(12-10-16)27-14-21(25)22-13-19(23(2)3)18-7-5-6-8-20(18)26-4/h5-12,19H,13-14H2,1-4H3,(H,22,25). The minimum atomic E-state index is -0.215. The van der Waals surface area contributed by atoms with E-state index >= 15 is 0 Å². The average Bonchev–Trinajstić information content (AvgIpc) is 2.67. The van der Waals surface area contributed by atoms with Crippen molar-refractivity contribution in [2.24, 2.45) is 0 Å². The van der Waals surface area contributed by atoms with Crippen LogP contribution in [0.15, 0.2) is 48.5 Å². The topological polar surface area (TPSA) is 67.9 Å². The third-order valence-corrected chi connectivity index (χ3v) is 4.24. The summed E-state index contributed by atoms with van der Waals surface area (Å²) in [5.74, 6) is 1.11. The van der Waals surface area contributed by atoms with Crippen LogP contribution in [0, 0.1) is 0 Å². The first-order valence-corrected chi connectivity index (χ1v) is 8.72. The van der Waals surface area contributed by atoms with Gasteiger partial charge in [0.15, 0.2) is 12.4 Å². The quantitative estimate of drug-likeness (QED) is 0.688. The Morgan fingerprint density at radius 1 is 1.07 bits per heavy atom. The first kappa shape index (κ1) is 20.5. The molecule has 0 aliphatic heterocycles. The zero-order chi connectivity index (χ0) is 19.8. The lowest BCUT2D eigenvalue weighted by atomic mass is 10.0. The minimum Gasteiger partial charge on any atom is -0.496 e. The molecule has 0 spiro atoms. The highest BCUT2D eigenvalue weighted by Crippen LogP contribution is 2.27. The van der Waals surface area contributed by atoms with Gasteiger partial charge in [0.25, 0.3) is 5.91 Å². The summed E-state index contributed by atoms with van der Waals surface area (Å²) < 4.78 is 10.9. The summed E-state index contributed by atoms with van der Waals surface area (Å²) in [6, 6.07) is 14.5. The zero-order valence-electron chi connectivity index (χ0n) is 16.2. The molecule has 2 aromatic rings. The van der Waals surface area contributed by atoms with Crippen LogP contribution in [0.25, 0.3) is 0 Å². The van der Waals surface area contributed by atoms with Gasteiger partial charge in [-0.15, -0.1) is 0 Å². The van der Waals surface area contributed by atoms with Gasteiger partial charge in [0, 0.05) is 17.7 Å². The number of rotatable bonds is 9. The highest BCUT2D eigenvalue weighted by atomic mass is 16.5. The molecule has 2 rings (SSSR count). The monoisotopic (exact) mass is 370 g/mol. The van der Waals surface area contributed by atoms with E-state index in [1.807, 2.05) is 43.3 Å². The van der Waals surface area contributed by atoms with E-state index in [0.717, 1.165) is 11.3 Å². The number of carbonyl (C=O) groups excluding carboxylic acids is 2. The van der Waals surface area contributed by atoms with Gasteiger partial charge in [-0.25, -0.2) is 0 Å². The number of nitrogens with zero attached hydrogens (tertiary/aromatic N) is 1. The Bertz CT molecular complexity index is 772. The largest absolute Gasteiger partial charge is 0.496 e. The van der Waals surface area contributed by atoms with Crippen molar-refractivity contribution < 1.29 is 19.1 Å². The molecule has 0 saturated carbocycles. The highest BCUT2D eigenvalue weighted by Gasteiger charge is 2.19. The van der Waals surface area contributed by atoms with Crippen LogP contribution in [0.4, 0.5) is 0 Å². The lowest BCUT2D eigenvalue weighted by Crippen LogP contribution is -2.37. The molecular formula is C21H26N2O4. The van der Waals surface area contributed by atoms with Gasteiger partial charge in [-0.05, 0) is 51.4 Å². The highest BCUT2D eigenvalue weighted by molar-refractivity contribution is 5.94. The second kappa shape index (κ2) is 9.73. The molecule has 27 heavy (non-hydrogen) atoms. The van der Waals surface area contributed by atoms with E-state index in [1.54, 1.807) is 31.4 Å². The van der Waals surface area contributed by atoms with Crippen molar-refractivity contribution in [3.05, 3.63) is 59.7 Å². The lowest BCUT2D eigenvalue weighted by molar-refractivity contribution is -0.123. The normalized spacial score (nSPS) is 11.7. The molecule has 0 heterocycles. The second-order valence-corrected chi connectivity index (χ2v) is 6.39. The van der Waals surface area contributed by atoms with Gasteiger partial charge in [0.2, 0.25) is 0 Å². The molecule has 6 nitrogen and oxygen atoms in total. The number of Topliss-reactive ketones (excluding diaryl/α,β-unsaturated/α-hetero) is 1. The van der Waals surface area contributed by atoms with Crippen molar-refractivity contribution in [1.82, 2.24) is 10.2 Å². The zero-order valence-corrected chi connectivity index (χ0v) is 16.2. The second-order valence-electron chi connectivity index (χ2n) is 6.39. The number of benzene rings is 2. The summed E-state index contributed by atoms with van der Waals surface area (Å²) in [7, 11) is 5.54. The Morgan fingerprint density at radius 3 is 2.33 bits per heavy atom. The number of likely N-dealkylation sites (N-methyl/N-ethyl adjacent to an activating group) is 1. The van der Waals surface area contributed by atoms with Crippen molar-refractivity contribution in [2.75, 3.05) is 34.4 Å². The van der Waals surface area contributed by atoms with E-state index in [-0.39, 0.29) is 24.3 Å². The van der Waals surface area contributed by atoms with Crippen LogP contribution in [-0.4, -0.2) is 50.9 Å². The lowest BCUT2D eigenvalue weighted by Gasteiger charge is -2.26. The fraction of sp³-hybridized carbons (Fsp3) is 0.333. The molecule has 1 N–H and O–H groups in total. The van der Waals surface area contributed by atoms with Crippen LogP contribution in [0.3, 0.4) is 0 Å². The van der Waals surface area contributed by atoms with E-state index in [0.29, 0.717) is 17.9 Å². The molecule has 0 saturated heterocycles. The number of amides is 1. The summed E-state index contributed by atoms with van der Waals surface area (Å²) in [5.41, 5.74) is 1.61. The Balaban J connectivity index is 1.91. The van der Waals surface area contributed by atoms with E-state index in [4.69, 9.17) is 9.47 Å². The number of hydrogen-bond acceptors (Lipinski definition) is 5. The minimum absolute atomic E-state index is 0.00893. The Hall–Kier alpha value is -2.86. The maximum absolute atomic E-state index is 12.2. The maximum atomic E-state index is 12.2. The third-order valence-electron chi connectivity index (χ3n) is 4.24. The van der Waals surface area contributed by atoms with Crippen molar-refractivity contribution in [2.45, 2.75) is 13.0 Å². The molecule has 0 radical (unpaired) electrons. The molecule has 1 unspecified atom stereocenters. The Labute approximate surface area is 160 Å². The molecule has 0 aromatic heterocycles. The van der Waals surface area contributed by atoms with Gasteiger partial charge < -0.3 is 19.7 Å². The van der Waals surface area contributed by atoms with Crippen LogP contribution in [0.5, 0.6) is 11.5 Å². The first-order chi connectivity index (χ1) is 12.9. The van der Waals surface area contributed by atoms with Gasteiger partial charge in [-0.1, -0.05) is 18.2 Å². The van der Waals surface area contributed by atoms with Crippen LogP contribution in [0.2, 0.25) is 0 Å². The smallest absolute Gasteiger partial charge is 0.258 e. The van der Waals surface area contributed by atoms with E-state index in [9.17, 15) is 9.59 Å². The van der Waals surface area contributed by atoms with Gasteiger partial charge in [-0.3, -0.25) is 9.59 Å². The maximum Gasteiger partial charge on any atom is 0.258 e. The summed E-state index contributed by atoms with van der Waals surface area (Å²) >= 11 is 0. The number of carbonyl (C=O) groups is 2. The number of ketones is 1. The molecule has 1 amide bonds. The van der Waals surface area contributed by atoms with Crippen molar-refractivity contribution in [3.63, 3.8) is 0 Å². The molecule has 0 aliphatic rings. The molecule has 0 bridgehead atoms.